The number of benzene rings is 2. The van der Waals surface area contributed by atoms with Crippen LogP contribution in [0.25, 0.3) is 0 Å². The van der Waals surface area contributed by atoms with Gasteiger partial charge in [0.05, 0.1) is 4.92 Å². The number of nitro benzene ring substituents is 1. The minimum Gasteiger partial charge on any atom is -0.353 e. The second-order valence-electron chi connectivity index (χ2n) is 7.37. The summed E-state index contributed by atoms with van der Waals surface area (Å²) in [7, 11) is 0. The highest BCUT2D eigenvalue weighted by molar-refractivity contribution is 7.99. The summed E-state index contributed by atoms with van der Waals surface area (Å²) in [4.78, 5) is 38.8. The lowest BCUT2D eigenvalue weighted by atomic mass is 10.1. The molecule has 1 atom stereocenters. The summed E-state index contributed by atoms with van der Waals surface area (Å²) < 4.78 is 0. The van der Waals surface area contributed by atoms with E-state index in [1.807, 2.05) is 6.92 Å². The summed E-state index contributed by atoms with van der Waals surface area (Å²) in [6, 6.07) is 12.1. The van der Waals surface area contributed by atoms with E-state index in [0.717, 1.165) is 17.1 Å². The van der Waals surface area contributed by atoms with Gasteiger partial charge in [-0.3, -0.25) is 19.7 Å². The van der Waals surface area contributed by atoms with Crippen molar-refractivity contribution in [3.05, 3.63) is 69.3 Å². The molecule has 1 aliphatic rings. The van der Waals surface area contributed by atoms with Gasteiger partial charge >= 0.3 is 0 Å². The zero-order valence-electron chi connectivity index (χ0n) is 17.1. The predicted molar refractivity (Wildman–Crippen MR) is 117 cm³/mol. The lowest BCUT2D eigenvalue weighted by Crippen LogP contribution is -2.46. The summed E-state index contributed by atoms with van der Waals surface area (Å²) in [5.74, 6) is 0.334. The first-order valence-corrected chi connectivity index (χ1v) is 10.9. The first-order valence-electron chi connectivity index (χ1n) is 9.90. The second-order valence-corrected chi connectivity index (χ2v) is 8.54. The van der Waals surface area contributed by atoms with Crippen molar-refractivity contribution in [2.24, 2.45) is 0 Å². The molecular weight excluding hydrogens is 402 g/mol. The van der Waals surface area contributed by atoms with Gasteiger partial charge in [-0.1, -0.05) is 17.7 Å². The molecular formula is C22H25N3O4S. The topological polar surface area (TPSA) is 92.6 Å². The zero-order chi connectivity index (χ0) is 21.7. The Labute approximate surface area is 180 Å². The molecule has 8 heteroatoms. The second kappa shape index (κ2) is 9.75. The van der Waals surface area contributed by atoms with E-state index in [-0.39, 0.29) is 17.5 Å². The Morgan fingerprint density at radius 1 is 1.20 bits per heavy atom. The number of hydrogen-bond donors (Lipinski definition) is 1. The number of hydrogen-bond acceptors (Lipinski definition) is 5. The van der Waals surface area contributed by atoms with Gasteiger partial charge in [-0.15, -0.1) is 11.8 Å². The van der Waals surface area contributed by atoms with Gasteiger partial charge in [0.1, 0.15) is 6.04 Å². The van der Waals surface area contributed by atoms with Crippen LogP contribution in [0.5, 0.6) is 0 Å². The number of carbonyl (C=O) groups is 2. The van der Waals surface area contributed by atoms with Crippen LogP contribution in [-0.2, 0) is 4.79 Å². The third-order valence-corrected chi connectivity index (χ3v) is 6.16. The molecule has 1 heterocycles. The minimum atomic E-state index is -0.502. The Hall–Kier alpha value is -2.87. The van der Waals surface area contributed by atoms with Crippen molar-refractivity contribution < 1.29 is 14.5 Å². The molecule has 0 saturated carbocycles. The van der Waals surface area contributed by atoms with Crippen LogP contribution in [0.3, 0.4) is 0 Å². The number of nitrogens with zero attached hydrogens (tertiary/aromatic N) is 2. The molecule has 0 aromatic heterocycles. The molecule has 3 rings (SSSR count). The predicted octanol–water partition coefficient (Wildman–Crippen LogP) is 3.72. The molecule has 2 amide bonds. The van der Waals surface area contributed by atoms with Gasteiger partial charge < -0.3 is 10.2 Å². The van der Waals surface area contributed by atoms with Gasteiger partial charge in [0.25, 0.3) is 11.6 Å². The van der Waals surface area contributed by atoms with Crippen LogP contribution in [-0.4, -0.2) is 46.5 Å². The molecule has 0 bridgehead atoms. The summed E-state index contributed by atoms with van der Waals surface area (Å²) in [6.45, 7) is 4.67. The van der Waals surface area contributed by atoms with Gasteiger partial charge in [0.15, 0.2) is 0 Å². The van der Waals surface area contributed by atoms with Crippen molar-refractivity contribution in [3.63, 3.8) is 0 Å². The van der Waals surface area contributed by atoms with E-state index in [2.05, 4.69) is 29.6 Å². The number of nitro groups is 1. The lowest BCUT2D eigenvalue weighted by molar-refractivity contribution is -0.385. The fraction of sp³-hybridized carbons (Fsp3) is 0.364. The molecule has 1 N–H and O–H groups in total. The molecule has 1 aliphatic heterocycles. The van der Waals surface area contributed by atoms with Crippen LogP contribution >= 0.6 is 11.8 Å². The van der Waals surface area contributed by atoms with Gasteiger partial charge in [0, 0.05) is 40.9 Å². The first-order chi connectivity index (χ1) is 14.4. The quantitative estimate of drug-likeness (QED) is 0.315. The van der Waals surface area contributed by atoms with Crippen molar-refractivity contribution in [3.8, 4) is 0 Å². The summed E-state index contributed by atoms with van der Waals surface area (Å²) in [5, 5.41) is 13.9. The summed E-state index contributed by atoms with van der Waals surface area (Å²) in [5.41, 5.74) is 1.99. The van der Waals surface area contributed by atoms with Gasteiger partial charge in [-0.25, -0.2) is 0 Å². The van der Waals surface area contributed by atoms with E-state index in [1.54, 1.807) is 23.6 Å². The average molecular weight is 428 g/mol. The molecule has 158 valence electrons. The summed E-state index contributed by atoms with van der Waals surface area (Å²) in [6.07, 6.45) is 1.38. The number of aryl methyl sites for hydroxylation is 2. The Balaban J connectivity index is 1.55. The largest absolute Gasteiger partial charge is 0.353 e. The van der Waals surface area contributed by atoms with Crippen molar-refractivity contribution in [2.45, 2.75) is 37.6 Å². The molecule has 0 radical (unpaired) electrons. The highest BCUT2D eigenvalue weighted by Crippen LogP contribution is 2.24. The monoisotopic (exact) mass is 427 g/mol. The summed E-state index contributed by atoms with van der Waals surface area (Å²) >= 11 is 1.67. The van der Waals surface area contributed by atoms with E-state index in [9.17, 15) is 19.7 Å². The fourth-order valence-corrected chi connectivity index (χ4v) is 4.31. The molecule has 2 aromatic carbocycles. The van der Waals surface area contributed by atoms with Crippen LogP contribution in [0, 0.1) is 24.0 Å². The van der Waals surface area contributed by atoms with Crippen LogP contribution in [0.15, 0.2) is 47.4 Å². The Bertz CT molecular complexity index is 946. The molecule has 0 aliphatic carbocycles. The molecule has 1 unspecified atom stereocenters. The van der Waals surface area contributed by atoms with Gasteiger partial charge in [0.2, 0.25) is 5.91 Å². The number of likely N-dealkylation sites (tertiary alicyclic amines) is 1. The third-order valence-electron chi connectivity index (χ3n) is 5.15. The number of thioether (sulfide) groups is 1. The zero-order valence-corrected chi connectivity index (χ0v) is 17.9. The maximum absolute atomic E-state index is 12.9. The maximum atomic E-state index is 12.9. The molecule has 7 nitrogen and oxygen atoms in total. The van der Waals surface area contributed by atoms with E-state index >= 15 is 0 Å². The third kappa shape index (κ3) is 5.18. The SMILES string of the molecule is Cc1ccc(SCCNC(=O)C2CCCN2C(=O)c2ccc([N+](=O)[O-])c(C)c2)cc1. The van der Waals surface area contributed by atoms with E-state index in [1.165, 1.54) is 23.8 Å². The van der Waals surface area contributed by atoms with Crippen molar-refractivity contribution >= 4 is 29.3 Å². The maximum Gasteiger partial charge on any atom is 0.272 e. The van der Waals surface area contributed by atoms with Crippen molar-refractivity contribution in [1.29, 1.82) is 0 Å². The van der Waals surface area contributed by atoms with Crippen molar-refractivity contribution in [1.82, 2.24) is 10.2 Å². The smallest absolute Gasteiger partial charge is 0.272 e. The molecule has 0 spiro atoms. The highest BCUT2D eigenvalue weighted by atomic mass is 32.2. The van der Waals surface area contributed by atoms with Gasteiger partial charge in [-0.2, -0.15) is 0 Å². The standard InChI is InChI=1S/C22H25N3O4S/c1-15-5-8-18(9-6-15)30-13-11-23-21(26)20-4-3-12-24(20)22(27)17-7-10-19(25(28)29)16(2)14-17/h5-10,14,20H,3-4,11-13H2,1-2H3,(H,23,26). The van der Waals surface area contributed by atoms with Crippen LogP contribution in [0.4, 0.5) is 5.69 Å². The van der Waals surface area contributed by atoms with Crippen molar-refractivity contribution in [2.75, 3.05) is 18.8 Å². The first kappa shape index (κ1) is 21.8. The Morgan fingerprint density at radius 2 is 1.93 bits per heavy atom. The van der Waals surface area contributed by atoms with Crippen LogP contribution in [0.1, 0.15) is 34.3 Å². The van der Waals surface area contributed by atoms with Crippen LogP contribution in [0.2, 0.25) is 0 Å². The Kier molecular flexibility index (Phi) is 7.10. The number of carbonyl (C=O) groups excluding carboxylic acids is 2. The molecule has 2 aromatic rings. The number of nitrogens with one attached hydrogen (secondary N) is 1. The molecule has 1 fully saturated rings. The van der Waals surface area contributed by atoms with Crippen LogP contribution < -0.4 is 5.32 Å². The Morgan fingerprint density at radius 3 is 2.60 bits per heavy atom. The normalized spacial score (nSPS) is 15.8. The highest BCUT2D eigenvalue weighted by Gasteiger charge is 2.34. The van der Waals surface area contributed by atoms with E-state index in [0.29, 0.717) is 30.6 Å². The van der Waals surface area contributed by atoms with E-state index in [4.69, 9.17) is 0 Å². The molecule has 30 heavy (non-hydrogen) atoms. The number of amides is 2. The molecule has 1 saturated heterocycles. The van der Waals surface area contributed by atoms with E-state index < -0.39 is 11.0 Å². The number of rotatable bonds is 7. The fourth-order valence-electron chi connectivity index (χ4n) is 3.54. The average Bonchev–Trinajstić information content (AvgIpc) is 3.21. The lowest BCUT2D eigenvalue weighted by Gasteiger charge is -2.24. The van der Waals surface area contributed by atoms with Gasteiger partial charge in [-0.05, 0) is 51.0 Å². The minimum absolute atomic E-state index is 0.0201.